The van der Waals surface area contributed by atoms with Crippen LogP contribution in [0.3, 0.4) is 0 Å². The van der Waals surface area contributed by atoms with Gasteiger partial charge in [0.05, 0.1) is 23.9 Å². The number of hydrogen-bond donors (Lipinski definition) is 2. The van der Waals surface area contributed by atoms with E-state index >= 15 is 0 Å². The molecule has 0 saturated carbocycles. The zero-order valence-electron chi connectivity index (χ0n) is 19.0. The molecular weight excluding hydrogens is 414 g/mol. The highest BCUT2D eigenvalue weighted by molar-refractivity contribution is 6.02. The van der Waals surface area contributed by atoms with E-state index in [-0.39, 0.29) is 11.3 Å². The van der Waals surface area contributed by atoms with E-state index in [2.05, 4.69) is 40.9 Å². The third-order valence-corrected chi connectivity index (χ3v) is 5.75. The standard InChI is InChI=1S/C26H25N5O2/c1-26(2,3)24-21-22(29-30-24)25(32)31(23(21)19-7-5-6-8-20(19)33-4)18-11-9-16(10-12-18)17-13-27-15-28-14-17/h5-15,29,32H,1-4H3. The van der Waals surface area contributed by atoms with Crippen LogP contribution in [0, 0.1) is 0 Å². The van der Waals surface area contributed by atoms with Crippen LogP contribution in [0.5, 0.6) is 11.6 Å². The molecular formula is C26H25N5O2. The first-order chi connectivity index (χ1) is 15.9. The van der Waals surface area contributed by atoms with E-state index in [0.29, 0.717) is 5.52 Å². The summed E-state index contributed by atoms with van der Waals surface area (Å²) in [4.78, 5) is 8.20. The van der Waals surface area contributed by atoms with Gasteiger partial charge >= 0.3 is 0 Å². The number of fused-ring (bicyclic) bond motifs is 1. The van der Waals surface area contributed by atoms with Crippen LogP contribution in [0.4, 0.5) is 0 Å². The first kappa shape index (κ1) is 20.8. The van der Waals surface area contributed by atoms with Gasteiger partial charge in [-0.1, -0.05) is 45.0 Å². The minimum atomic E-state index is -0.231. The van der Waals surface area contributed by atoms with Crippen molar-refractivity contribution < 1.29 is 9.84 Å². The van der Waals surface area contributed by atoms with E-state index in [1.807, 2.05) is 53.1 Å². The maximum absolute atomic E-state index is 11.3. The van der Waals surface area contributed by atoms with E-state index in [0.717, 1.165) is 44.9 Å². The minimum absolute atomic E-state index is 0.102. The molecule has 0 saturated heterocycles. The van der Waals surface area contributed by atoms with Crippen molar-refractivity contribution in [3.05, 3.63) is 72.9 Å². The van der Waals surface area contributed by atoms with Crippen LogP contribution in [-0.2, 0) is 5.41 Å². The Morgan fingerprint density at radius 1 is 0.939 bits per heavy atom. The van der Waals surface area contributed by atoms with Crippen LogP contribution < -0.4 is 4.74 Å². The summed E-state index contributed by atoms with van der Waals surface area (Å²) in [6, 6.07) is 15.8. The van der Waals surface area contributed by atoms with E-state index in [9.17, 15) is 5.11 Å². The summed E-state index contributed by atoms with van der Waals surface area (Å²) in [6.07, 6.45) is 5.07. The van der Waals surface area contributed by atoms with Gasteiger partial charge in [0.2, 0.25) is 5.88 Å². The summed E-state index contributed by atoms with van der Waals surface area (Å²) >= 11 is 0. The second kappa shape index (κ2) is 7.78. The Bertz CT molecular complexity index is 1430. The molecule has 3 aromatic heterocycles. The van der Waals surface area contributed by atoms with Gasteiger partial charge in [-0.25, -0.2) is 9.97 Å². The Balaban J connectivity index is 1.79. The molecule has 0 fully saturated rings. The fourth-order valence-electron chi connectivity index (χ4n) is 4.20. The van der Waals surface area contributed by atoms with Gasteiger partial charge in [-0.05, 0) is 29.8 Å². The number of aromatic hydroxyl groups is 1. The lowest BCUT2D eigenvalue weighted by atomic mass is 9.89. The molecule has 0 bridgehead atoms. The van der Waals surface area contributed by atoms with Gasteiger partial charge in [-0.2, -0.15) is 5.10 Å². The summed E-state index contributed by atoms with van der Waals surface area (Å²) in [5.74, 6) is 0.821. The molecule has 5 rings (SSSR count). The minimum Gasteiger partial charge on any atom is -0.496 e. The SMILES string of the molecule is COc1ccccc1-c1c2c(C(C)(C)C)n[nH]c2c(O)n1-c1ccc(-c2cncnc2)cc1. The second-order valence-corrected chi connectivity index (χ2v) is 8.95. The molecule has 0 aliphatic carbocycles. The predicted molar refractivity (Wildman–Crippen MR) is 129 cm³/mol. The number of rotatable bonds is 4. The Hall–Kier alpha value is -4.13. The number of H-pyrrole nitrogens is 1. The Morgan fingerprint density at radius 2 is 1.64 bits per heavy atom. The zero-order chi connectivity index (χ0) is 23.2. The normalized spacial score (nSPS) is 11.8. The van der Waals surface area contributed by atoms with Crippen molar-refractivity contribution >= 4 is 10.9 Å². The van der Waals surface area contributed by atoms with Crippen molar-refractivity contribution in [1.29, 1.82) is 0 Å². The number of nitrogens with zero attached hydrogens (tertiary/aromatic N) is 4. The number of hydrogen-bond acceptors (Lipinski definition) is 5. The molecule has 5 aromatic rings. The summed E-state index contributed by atoms with van der Waals surface area (Å²) < 4.78 is 7.54. The number of benzene rings is 2. The molecule has 0 aliphatic heterocycles. The lowest BCUT2D eigenvalue weighted by molar-refractivity contribution is 0.416. The summed E-state index contributed by atoms with van der Waals surface area (Å²) in [7, 11) is 1.65. The van der Waals surface area contributed by atoms with E-state index in [4.69, 9.17) is 4.74 Å². The molecule has 0 amide bonds. The van der Waals surface area contributed by atoms with Crippen molar-refractivity contribution in [3.63, 3.8) is 0 Å². The third-order valence-electron chi connectivity index (χ3n) is 5.75. The van der Waals surface area contributed by atoms with Crippen LogP contribution in [0.2, 0.25) is 0 Å². The molecule has 0 aliphatic rings. The number of aromatic nitrogens is 5. The van der Waals surface area contributed by atoms with E-state index in [1.165, 1.54) is 6.33 Å². The van der Waals surface area contributed by atoms with Gasteiger partial charge in [0.1, 0.15) is 17.6 Å². The fourth-order valence-corrected chi connectivity index (χ4v) is 4.20. The van der Waals surface area contributed by atoms with Crippen LogP contribution >= 0.6 is 0 Å². The Labute approximate surface area is 191 Å². The molecule has 3 heterocycles. The average molecular weight is 440 g/mol. The maximum atomic E-state index is 11.3. The number of ether oxygens (including phenoxy) is 1. The van der Waals surface area contributed by atoms with Gasteiger partial charge < -0.3 is 9.84 Å². The number of aromatic amines is 1. The fraction of sp³-hybridized carbons (Fsp3) is 0.192. The van der Waals surface area contributed by atoms with Gasteiger partial charge in [-0.3, -0.25) is 9.67 Å². The number of methoxy groups -OCH3 is 1. The molecule has 166 valence electrons. The summed E-state index contributed by atoms with van der Waals surface area (Å²) in [5, 5.41) is 19.8. The highest BCUT2D eigenvalue weighted by Crippen LogP contribution is 2.46. The molecule has 33 heavy (non-hydrogen) atoms. The first-order valence-electron chi connectivity index (χ1n) is 10.7. The molecule has 2 aromatic carbocycles. The van der Waals surface area contributed by atoms with Gasteiger partial charge in [0.15, 0.2) is 0 Å². The zero-order valence-corrected chi connectivity index (χ0v) is 19.0. The first-order valence-corrected chi connectivity index (χ1v) is 10.7. The molecule has 0 radical (unpaired) electrons. The van der Waals surface area contributed by atoms with Gasteiger partial charge in [0.25, 0.3) is 0 Å². The quantitative estimate of drug-likeness (QED) is 0.387. The third kappa shape index (κ3) is 3.42. The average Bonchev–Trinajstić information content (AvgIpc) is 3.39. The largest absolute Gasteiger partial charge is 0.496 e. The van der Waals surface area contributed by atoms with Crippen molar-refractivity contribution in [2.75, 3.05) is 7.11 Å². The molecule has 7 nitrogen and oxygen atoms in total. The molecule has 0 atom stereocenters. The molecule has 0 spiro atoms. The van der Waals surface area contributed by atoms with Crippen molar-refractivity contribution in [2.24, 2.45) is 0 Å². The smallest absolute Gasteiger partial charge is 0.222 e. The van der Waals surface area contributed by atoms with Crippen molar-refractivity contribution in [1.82, 2.24) is 24.7 Å². The van der Waals surface area contributed by atoms with Gasteiger partial charge in [-0.15, -0.1) is 0 Å². The Kier molecular flexibility index (Phi) is 4.89. The van der Waals surface area contributed by atoms with Crippen molar-refractivity contribution in [3.8, 4) is 39.7 Å². The van der Waals surface area contributed by atoms with Crippen molar-refractivity contribution in [2.45, 2.75) is 26.2 Å². The topological polar surface area (TPSA) is 88.9 Å². The predicted octanol–water partition coefficient (Wildman–Crippen LogP) is 5.49. The van der Waals surface area contributed by atoms with E-state index in [1.54, 1.807) is 19.5 Å². The maximum Gasteiger partial charge on any atom is 0.222 e. The number of nitrogens with one attached hydrogen (secondary N) is 1. The van der Waals surface area contributed by atoms with Crippen LogP contribution in [0.15, 0.2) is 67.3 Å². The molecule has 0 unspecified atom stereocenters. The number of para-hydroxylation sites is 1. The van der Waals surface area contributed by atoms with E-state index < -0.39 is 0 Å². The molecule has 7 heteroatoms. The highest BCUT2D eigenvalue weighted by Gasteiger charge is 2.30. The van der Waals surface area contributed by atoms with Gasteiger partial charge in [0, 0.05) is 34.6 Å². The monoisotopic (exact) mass is 439 g/mol. The van der Waals surface area contributed by atoms with Crippen LogP contribution in [0.25, 0.3) is 39.0 Å². The lowest BCUT2D eigenvalue weighted by Gasteiger charge is -2.18. The lowest BCUT2D eigenvalue weighted by Crippen LogP contribution is -2.12. The highest BCUT2D eigenvalue weighted by atomic mass is 16.5. The molecule has 2 N–H and O–H groups in total. The second-order valence-electron chi connectivity index (χ2n) is 8.95. The van der Waals surface area contributed by atoms with Crippen LogP contribution in [-0.4, -0.2) is 36.9 Å². The summed E-state index contributed by atoms with van der Waals surface area (Å²) in [5.41, 5.74) is 5.69. The van der Waals surface area contributed by atoms with Crippen LogP contribution in [0.1, 0.15) is 26.5 Å². The Morgan fingerprint density at radius 3 is 2.30 bits per heavy atom. The summed E-state index contributed by atoms with van der Waals surface area (Å²) in [6.45, 7) is 6.33.